The molecule has 0 spiro atoms. The summed E-state index contributed by atoms with van der Waals surface area (Å²) in [4.78, 5) is 0. The highest BCUT2D eigenvalue weighted by Gasteiger charge is 2.36. The van der Waals surface area contributed by atoms with Crippen LogP contribution in [0, 0.1) is 0 Å². The van der Waals surface area contributed by atoms with E-state index in [-0.39, 0.29) is 0 Å². The molecule has 52 heavy (non-hydrogen) atoms. The minimum absolute atomic E-state index is 1.15. The zero-order chi connectivity index (χ0) is 34.6. The van der Waals surface area contributed by atoms with Crippen LogP contribution in [0.2, 0.25) is 6.55 Å². The summed E-state index contributed by atoms with van der Waals surface area (Å²) in [5, 5.41) is 9.28. The van der Waals surface area contributed by atoms with Crippen molar-refractivity contribution >= 4 is 67.2 Å². The molecule has 3 heteroatoms. The Labute approximate surface area is 304 Å². The summed E-state index contributed by atoms with van der Waals surface area (Å²) in [6, 6.07) is 73.8. The molecular formula is C49H36N2Si. The maximum absolute atomic E-state index is 2.50. The highest BCUT2D eigenvalue weighted by atomic mass is 28.3. The fraction of sp³-hybridized carbons (Fsp3) is 0.0204. The number of fused-ring (bicyclic) bond motifs is 6. The Kier molecular flexibility index (Phi) is 7.09. The molecule has 10 aromatic rings. The normalized spacial score (nSPS) is 11.9. The molecule has 0 bridgehead atoms. The van der Waals surface area contributed by atoms with E-state index in [0.29, 0.717) is 0 Å². The highest BCUT2D eigenvalue weighted by molar-refractivity contribution is 7.11. The van der Waals surface area contributed by atoms with Crippen LogP contribution < -0.4 is 15.6 Å². The van der Waals surface area contributed by atoms with Gasteiger partial charge in [-0.1, -0.05) is 164 Å². The van der Waals surface area contributed by atoms with Gasteiger partial charge in [-0.2, -0.15) is 0 Å². The van der Waals surface area contributed by atoms with E-state index in [1.165, 1.54) is 70.3 Å². The van der Waals surface area contributed by atoms with E-state index in [1.54, 1.807) is 0 Å². The average Bonchev–Trinajstić information content (AvgIpc) is 3.74. The van der Waals surface area contributed by atoms with E-state index < -0.39 is 8.07 Å². The summed E-state index contributed by atoms with van der Waals surface area (Å²) >= 11 is 0. The number of hydrogen-bond donors (Lipinski definition) is 0. The monoisotopic (exact) mass is 680 g/mol. The highest BCUT2D eigenvalue weighted by Crippen LogP contribution is 2.37. The van der Waals surface area contributed by atoms with Crippen LogP contribution in [0.5, 0.6) is 0 Å². The molecule has 0 amide bonds. The van der Waals surface area contributed by atoms with E-state index >= 15 is 0 Å². The van der Waals surface area contributed by atoms with E-state index in [0.717, 1.165) is 11.4 Å². The number of nitrogens with zero attached hydrogens (tertiary/aromatic N) is 2. The van der Waals surface area contributed by atoms with Gasteiger partial charge in [0, 0.05) is 32.9 Å². The molecule has 10 rings (SSSR count). The van der Waals surface area contributed by atoms with E-state index in [1.807, 2.05) is 0 Å². The van der Waals surface area contributed by atoms with Gasteiger partial charge in [0.1, 0.15) is 8.07 Å². The first-order chi connectivity index (χ1) is 25.7. The first-order valence-electron chi connectivity index (χ1n) is 18.0. The lowest BCUT2D eigenvalue weighted by molar-refractivity contribution is 1.15. The van der Waals surface area contributed by atoms with Crippen molar-refractivity contribution in [1.82, 2.24) is 9.13 Å². The molecule has 0 saturated heterocycles. The fourth-order valence-electron chi connectivity index (χ4n) is 8.58. The van der Waals surface area contributed by atoms with E-state index in [4.69, 9.17) is 0 Å². The first-order valence-corrected chi connectivity index (χ1v) is 20.5. The van der Waals surface area contributed by atoms with Gasteiger partial charge in [0.25, 0.3) is 0 Å². The maximum atomic E-state index is 2.50. The largest absolute Gasteiger partial charge is 0.309 e. The zero-order valence-electron chi connectivity index (χ0n) is 28.9. The lowest BCUT2D eigenvalue weighted by Gasteiger charge is -2.31. The topological polar surface area (TPSA) is 9.86 Å². The van der Waals surface area contributed by atoms with Crippen LogP contribution in [0.3, 0.4) is 0 Å². The molecule has 2 aromatic heterocycles. The molecular weight excluding hydrogens is 645 g/mol. The Morgan fingerprint density at radius 3 is 1.40 bits per heavy atom. The third-order valence-electron chi connectivity index (χ3n) is 11.1. The van der Waals surface area contributed by atoms with Crippen LogP contribution in [0.1, 0.15) is 0 Å². The van der Waals surface area contributed by atoms with Gasteiger partial charge in [0.05, 0.1) is 22.1 Å². The van der Waals surface area contributed by atoms with E-state index in [9.17, 15) is 0 Å². The summed E-state index contributed by atoms with van der Waals surface area (Å²) < 4.78 is 4.87. The van der Waals surface area contributed by atoms with Gasteiger partial charge < -0.3 is 9.13 Å². The molecule has 0 aliphatic rings. The number of hydrogen-bond acceptors (Lipinski definition) is 0. The van der Waals surface area contributed by atoms with Gasteiger partial charge >= 0.3 is 0 Å². The van der Waals surface area contributed by atoms with Crippen molar-refractivity contribution in [3.05, 3.63) is 200 Å². The Bertz CT molecular complexity index is 2820. The van der Waals surface area contributed by atoms with Gasteiger partial charge in [-0.05, 0) is 69.2 Å². The van der Waals surface area contributed by atoms with Gasteiger partial charge in [0.2, 0.25) is 0 Å². The molecule has 0 aliphatic carbocycles. The van der Waals surface area contributed by atoms with Gasteiger partial charge in [0.15, 0.2) is 0 Å². The second-order valence-corrected chi connectivity index (χ2v) is 17.8. The third-order valence-corrected chi connectivity index (χ3v) is 15.6. The van der Waals surface area contributed by atoms with Crippen molar-refractivity contribution in [3.8, 4) is 22.5 Å². The molecule has 0 radical (unpaired) electrons. The Morgan fingerprint density at radius 1 is 0.346 bits per heavy atom. The van der Waals surface area contributed by atoms with Crippen molar-refractivity contribution in [3.63, 3.8) is 0 Å². The molecule has 0 fully saturated rings. The standard InChI is InChI=1S/C49H36N2Si/c1-52(38-19-4-2-5-20-38,39-21-6-3-7-22-39)49-30-15-11-23-40(49)35-17-16-18-36(33-35)51-47-29-14-10-26-43(47)44-32-31-37(34-48(44)51)50-45-27-12-8-24-41(45)42-25-9-13-28-46(42)50/h2-34H,1H3. The number of benzene rings is 8. The molecule has 0 atom stereocenters. The van der Waals surface area contributed by atoms with Crippen LogP contribution in [0.15, 0.2) is 200 Å². The quantitative estimate of drug-likeness (QED) is 0.122. The van der Waals surface area contributed by atoms with Crippen molar-refractivity contribution in [2.45, 2.75) is 6.55 Å². The van der Waals surface area contributed by atoms with E-state index in [2.05, 4.69) is 216 Å². The fourth-order valence-corrected chi connectivity index (χ4v) is 12.5. The Hall–Kier alpha value is -6.42. The SMILES string of the molecule is C[Si](c1ccccc1)(c1ccccc1)c1ccccc1-c1cccc(-n2c3ccccc3c3ccc(-n4c5ccccc5c5ccccc54)cc32)c1. The lowest BCUT2D eigenvalue weighted by atomic mass is 10.0. The molecule has 2 nitrogen and oxygen atoms in total. The number of para-hydroxylation sites is 3. The summed E-state index contributed by atoms with van der Waals surface area (Å²) in [6.07, 6.45) is 0. The first kappa shape index (κ1) is 30.4. The van der Waals surface area contributed by atoms with Crippen molar-refractivity contribution in [1.29, 1.82) is 0 Å². The van der Waals surface area contributed by atoms with Crippen molar-refractivity contribution < 1.29 is 0 Å². The minimum Gasteiger partial charge on any atom is -0.309 e. The molecule has 8 aromatic carbocycles. The van der Waals surface area contributed by atoms with Crippen LogP contribution in [-0.4, -0.2) is 17.2 Å². The molecule has 0 saturated carbocycles. The second-order valence-electron chi connectivity index (χ2n) is 13.9. The zero-order valence-corrected chi connectivity index (χ0v) is 29.9. The van der Waals surface area contributed by atoms with Gasteiger partial charge in [-0.15, -0.1) is 0 Å². The molecule has 2 heterocycles. The third kappa shape index (κ3) is 4.63. The summed E-state index contributed by atoms with van der Waals surface area (Å²) in [5.41, 5.74) is 9.65. The number of aromatic nitrogens is 2. The molecule has 246 valence electrons. The molecule has 0 unspecified atom stereocenters. The van der Waals surface area contributed by atoms with Gasteiger partial charge in [-0.25, -0.2) is 0 Å². The lowest BCUT2D eigenvalue weighted by Crippen LogP contribution is -2.65. The minimum atomic E-state index is -2.37. The molecule has 0 N–H and O–H groups in total. The Balaban J connectivity index is 1.19. The van der Waals surface area contributed by atoms with Crippen LogP contribution in [0.4, 0.5) is 0 Å². The van der Waals surface area contributed by atoms with Crippen molar-refractivity contribution in [2.24, 2.45) is 0 Å². The van der Waals surface area contributed by atoms with Crippen LogP contribution in [-0.2, 0) is 0 Å². The average molecular weight is 681 g/mol. The smallest absolute Gasteiger partial charge is 0.146 e. The van der Waals surface area contributed by atoms with Crippen LogP contribution in [0.25, 0.3) is 66.1 Å². The van der Waals surface area contributed by atoms with Gasteiger partial charge in [-0.3, -0.25) is 0 Å². The molecule has 0 aliphatic heterocycles. The Morgan fingerprint density at radius 2 is 0.808 bits per heavy atom. The maximum Gasteiger partial charge on any atom is 0.146 e. The predicted octanol–water partition coefficient (Wildman–Crippen LogP) is 10.6. The number of rotatable bonds is 6. The summed E-state index contributed by atoms with van der Waals surface area (Å²) in [5.74, 6) is 0. The van der Waals surface area contributed by atoms with Crippen LogP contribution >= 0.6 is 0 Å². The second kappa shape index (κ2) is 12.1. The van der Waals surface area contributed by atoms with Crippen molar-refractivity contribution in [2.75, 3.05) is 0 Å². The summed E-state index contributed by atoms with van der Waals surface area (Å²) in [6.45, 7) is 2.50. The predicted molar refractivity (Wildman–Crippen MR) is 224 cm³/mol. The summed E-state index contributed by atoms with van der Waals surface area (Å²) in [7, 11) is -2.37.